The molecule has 0 saturated heterocycles. The molecule has 0 fully saturated rings. The number of aliphatic carboxylic acids is 1. The van der Waals surface area contributed by atoms with E-state index in [-0.39, 0.29) is 5.56 Å². The van der Waals surface area contributed by atoms with Crippen LogP contribution < -0.4 is 5.32 Å². The van der Waals surface area contributed by atoms with Gasteiger partial charge < -0.3 is 10.4 Å². The van der Waals surface area contributed by atoms with E-state index in [1.807, 2.05) is 6.26 Å². The first-order chi connectivity index (χ1) is 8.54. The highest BCUT2D eigenvalue weighted by Gasteiger charge is 2.20. The average molecular weight is 272 g/mol. The van der Waals surface area contributed by atoms with E-state index >= 15 is 0 Å². The fraction of sp³-hybridized carbons (Fsp3) is 0.364. The molecule has 0 spiro atoms. The van der Waals surface area contributed by atoms with E-state index < -0.39 is 23.9 Å². The molecule has 18 heavy (non-hydrogen) atoms. The molecule has 2 N–H and O–H groups in total. The molecule has 0 bridgehead atoms. The number of carbonyl (C=O) groups is 2. The monoisotopic (exact) mass is 272 g/mol. The van der Waals surface area contributed by atoms with Crippen molar-refractivity contribution >= 4 is 23.6 Å². The first-order valence-corrected chi connectivity index (χ1v) is 6.58. The summed E-state index contributed by atoms with van der Waals surface area (Å²) in [6, 6.07) is 1.35. The molecule has 1 unspecified atom stereocenters. The summed E-state index contributed by atoms with van der Waals surface area (Å²) in [4.78, 5) is 26.0. The van der Waals surface area contributed by atoms with Gasteiger partial charge in [-0.05, 0) is 30.6 Å². The van der Waals surface area contributed by atoms with Gasteiger partial charge in [0, 0.05) is 6.20 Å². The van der Waals surface area contributed by atoms with E-state index in [9.17, 15) is 14.0 Å². The molecule has 1 rings (SSSR count). The minimum absolute atomic E-state index is 0.131. The molecule has 0 aliphatic rings. The summed E-state index contributed by atoms with van der Waals surface area (Å²) in [7, 11) is 0. The number of nitrogens with zero attached hydrogens (tertiary/aromatic N) is 1. The Hall–Kier alpha value is -1.63. The van der Waals surface area contributed by atoms with Gasteiger partial charge in [0.1, 0.15) is 6.04 Å². The lowest BCUT2D eigenvalue weighted by Gasteiger charge is -2.13. The summed E-state index contributed by atoms with van der Waals surface area (Å²) >= 11 is 1.50. The molecule has 0 radical (unpaired) electrons. The van der Waals surface area contributed by atoms with Crippen LogP contribution >= 0.6 is 11.8 Å². The number of nitrogens with one attached hydrogen (secondary N) is 1. The number of hydrogen-bond donors (Lipinski definition) is 2. The van der Waals surface area contributed by atoms with Crippen molar-refractivity contribution < 1.29 is 19.1 Å². The van der Waals surface area contributed by atoms with Gasteiger partial charge in [-0.2, -0.15) is 16.2 Å². The van der Waals surface area contributed by atoms with Gasteiger partial charge in [-0.3, -0.25) is 4.79 Å². The summed E-state index contributed by atoms with van der Waals surface area (Å²) < 4.78 is 12.6. The molecule has 0 aliphatic carbocycles. The Labute approximate surface area is 108 Å². The number of halogens is 1. The van der Waals surface area contributed by atoms with E-state index in [0.717, 1.165) is 12.3 Å². The molecular weight excluding hydrogens is 259 g/mol. The minimum Gasteiger partial charge on any atom is -0.480 e. The number of rotatable bonds is 6. The summed E-state index contributed by atoms with van der Waals surface area (Å²) in [5.41, 5.74) is 0.131. The maximum atomic E-state index is 12.6. The van der Waals surface area contributed by atoms with Crippen molar-refractivity contribution in [1.29, 1.82) is 0 Å². The Kier molecular flexibility index (Phi) is 5.57. The van der Waals surface area contributed by atoms with Crippen LogP contribution in [-0.4, -0.2) is 40.0 Å². The van der Waals surface area contributed by atoms with Gasteiger partial charge in [-0.1, -0.05) is 0 Å². The Bertz CT molecular complexity index is 425. The van der Waals surface area contributed by atoms with E-state index in [1.165, 1.54) is 17.8 Å². The number of thioether (sulfide) groups is 1. The van der Waals surface area contributed by atoms with Crippen LogP contribution in [-0.2, 0) is 4.79 Å². The predicted molar refractivity (Wildman–Crippen MR) is 66.1 cm³/mol. The zero-order valence-electron chi connectivity index (χ0n) is 9.72. The number of carboxylic acids is 1. The molecule has 98 valence electrons. The van der Waals surface area contributed by atoms with Crippen LogP contribution in [0.15, 0.2) is 18.3 Å². The number of amides is 1. The summed E-state index contributed by atoms with van der Waals surface area (Å²) in [5.74, 6) is -1.73. The molecule has 1 atom stereocenters. The quantitative estimate of drug-likeness (QED) is 0.760. The second-order valence-corrected chi connectivity index (χ2v) is 4.50. The maximum absolute atomic E-state index is 12.6. The number of carbonyl (C=O) groups excluding carboxylic acids is 1. The molecule has 1 amide bonds. The highest BCUT2D eigenvalue weighted by Crippen LogP contribution is 2.04. The number of hydrogen-bond acceptors (Lipinski definition) is 4. The Morgan fingerprint density at radius 1 is 1.56 bits per heavy atom. The normalized spacial score (nSPS) is 11.9. The fourth-order valence-corrected chi connectivity index (χ4v) is 1.72. The average Bonchev–Trinajstić information content (AvgIpc) is 2.34. The maximum Gasteiger partial charge on any atom is 0.326 e. The van der Waals surface area contributed by atoms with Crippen molar-refractivity contribution in [3.63, 3.8) is 0 Å². The number of carboxylic acid groups (broad SMARTS) is 1. The van der Waals surface area contributed by atoms with Crippen LogP contribution in [0.1, 0.15) is 16.8 Å². The number of pyridine rings is 1. The second-order valence-electron chi connectivity index (χ2n) is 3.52. The highest BCUT2D eigenvalue weighted by atomic mass is 32.2. The zero-order chi connectivity index (χ0) is 13.5. The standard InChI is InChI=1S/C11H13FN2O3S/c1-18-5-4-8(11(16)17)14-10(15)7-2-3-9(12)13-6-7/h2-3,6,8H,4-5H2,1H3,(H,14,15)(H,16,17). The molecule has 0 saturated carbocycles. The molecule has 1 aromatic rings. The fourth-order valence-electron chi connectivity index (χ4n) is 1.24. The first-order valence-electron chi connectivity index (χ1n) is 5.18. The van der Waals surface area contributed by atoms with Crippen molar-refractivity contribution in [2.24, 2.45) is 0 Å². The Morgan fingerprint density at radius 2 is 2.28 bits per heavy atom. The third-order valence-electron chi connectivity index (χ3n) is 2.20. The first kappa shape index (κ1) is 14.4. The summed E-state index contributed by atoms with van der Waals surface area (Å²) in [6.45, 7) is 0. The lowest BCUT2D eigenvalue weighted by atomic mass is 10.2. The van der Waals surface area contributed by atoms with Crippen molar-refractivity contribution in [3.05, 3.63) is 29.8 Å². The van der Waals surface area contributed by atoms with Gasteiger partial charge in [0.2, 0.25) is 5.95 Å². The summed E-state index contributed by atoms with van der Waals surface area (Å²) in [6.07, 6.45) is 3.25. The smallest absolute Gasteiger partial charge is 0.326 e. The lowest BCUT2D eigenvalue weighted by Crippen LogP contribution is -2.41. The van der Waals surface area contributed by atoms with E-state index in [0.29, 0.717) is 12.2 Å². The number of aromatic nitrogens is 1. The molecule has 1 heterocycles. The van der Waals surface area contributed by atoms with E-state index in [1.54, 1.807) is 0 Å². The van der Waals surface area contributed by atoms with E-state index in [2.05, 4.69) is 10.3 Å². The molecule has 0 aromatic carbocycles. The molecule has 0 aliphatic heterocycles. The van der Waals surface area contributed by atoms with Gasteiger partial charge in [-0.15, -0.1) is 0 Å². The predicted octanol–water partition coefficient (Wildman–Crippen LogP) is 1.16. The van der Waals surface area contributed by atoms with Gasteiger partial charge in [-0.25, -0.2) is 9.78 Å². The third kappa shape index (κ3) is 4.33. The largest absolute Gasteiger partial charge is 0.480 e. The van der Waals surface area contributed by atoms with Crippen LogP contribution in [0.25, 0.3) is 0 Å². The van der Waals surface area contributed by atoms with Crippen LogP contribution in [0.3, 0.4) is 0 Å². The Balaban J connectivity index is 2.66. The van der Waals surface area contributed by atoms with Crippen molar-refractivity contribution in [3.8, 4) is 0 Å². The zero-order valence-corrected chi connectivity index (χ0v) is 10.5. The van der Waals surface area contributed by atoms with Crippen molar-refractivity contribution in [2.45, 2.75) is 12.5 Å². The van der Waals surface area contributed by atoms with Gasteiger partial charge >= 0.3 is 5.97 Å². The third-order valence-corrected chi connectivity index (χ3v) is 2.85. The van der Waals surface area contributed by atoms with Crippen molar-refractivity contribution in [2.75, 3.05) is 12.0 Å². The molecule has 5 nitrogen and oxygen atoms in total. The van der Waals surface area contributed by atoms with Crippen LogP contribution in [0.5, 0.6) is 0 Å². The second kappa shape index (κ2) is 6.95. The van der Waals surface area contributed by atoms with Crippen LogP contribution in [0, 0.1) is 5.95 Å². The lowest BCUT2D eigenvalue weighted by molar-refractivity contribution is -0.139. The molecule has 1 aromatic heterocycles. The van der Waals surface area contributed by atoms with Crippen molar-refractivity contribution in [1.82, 2.24) is 10.3 Å². The molecular formula is C11H13FN2O3S. The van der Waals surface area contributed by atoms with Gasteiger partial charge in [0.05, 0.1) is 5.56 Å². The Morgan fingerprint density at radius 3 is 2.78 bits per heavy atom. The van der Waals surface area contributed by atoms with Gasteiger partial charge in [0.25, 0.3) is 5.91 Å². The topological polar surface area (TPSA) is 79.3 Å². The summed E-state index contributed by atoms with van der Waals surface area (Å²) in [5, 5.41) is 11.3. The highest BCUT2D eigenvalue weighted by molar-refractivity contribution is 7.98. The van der Waals surface area contributed by atoms with Crippen LogP contribution in [0.4, 0.5) is 4.39 Å². The van der Waals surface area contributed by atoms with Gasteiger partial charge in [0.15, 0.2) is 0 Å². The molecule has 7 heteroatoms. The van der Waals surface area contributed by atoms with E-state index in [4.69, 9.17) is 5.11 Å². The SMILES string of the molecule is CSCCC(NC(=O)c1ccc(F)nc1)C(=O)O. The van der Waals surface area contributed by atoms with Crippen LogP contribution in [0.2, 0.25) is 0 Å². The minimum atomic E-state index is -1.09.